The van der Waals surface area contributed by atoms with Crippen LogP contribution in [0.4, 0.5) is 0 Å². The Balaban J connectivity index is 2.38. The second-order valence-corrected chi connectivity index (χ2v) is 5.01. The molecule has 14 heavy (non-hydrogen) atoms. The molecule has 0 aromatic rings. The highest BCUT2D eigenvalue weighted by Crippen LogP contribution is 2.43. The van der Waals surface area contributed by atoms with E-state index in [2.05, 4.69) is 39.9 Å². The second-order valence-electron chi connectivity index (χ2n) is 5.01. The van der Waals surface area contributed by atoms with Gasteiger partial charge in [0.05, 0.1) is 12.2 Å². The fraction of sp³-hybridized carbons (Fsp3) is 1.00. The van der Waals surface area contributed by atoms with Crippen molar-refractivity contribution in [3.05, 3.63) is 0 Å². The topological polar surface area (TPSA) is 21.3 Å². The molecular weight excluding hydrogens is 174 g/mol. The quantitative estimate of drug-likeness (QED) is 0.735. The van der Waals surface area contributed by atoms with Crippen LogP contribution in [0.5, 0.6) is 0 Å². The molecule has 1 saturated carbocycles. The molecule has 0 aromatic carbocycles. The van der Waals surface area contributed by atoms with E-state index in [0.29, 0.717) is 23.7 Å². The Labute approximate surface area is 88.4 Å². The Morgan fingerprint density at radius 3 is 2.50 bits per heavy atom. The molecule has 84 valence electrons. The predicted octanol–water partition coefficient (Wildman–Crippen LogP) is 2.58. The third-order valence-corrected chi connectivity index (χ3v) is 3.60. The van der Waals surface area contributed by atoms with Crippen LogP contribution in [0.2, 0.25) is 0 Å². The third kappa shape index (κ3) is 2.29. The van der Waals surface area contributed by atoms with Crippen molar-refractivity contribution in [1.29, 1.82) is 0 Å². The Morgan fingerprint density at radius 1 is 1.43 bits per heavy atom. The first-order chi connectivity index (χ1) is 6.52. The largest absolute Gasteiger partial charge is 0.375 e. The van der Waals surface area contributed by atoms with Gasteiger partial charge in [0.25, 0.3) is 0 Å². The molecule has 2 heteroatoms. The van der Waals surface area contributed by atoms with E-state index >= 15 is 0 Å². The normalized spacial score (nSPS) is 32.4. The van der Waals surface area contributed by atoms with Crippen LogP contribution in [0.25, 0.3) is 0 Å². The van der Waals surface area contributed by atoms with Gasteiger partial charge in [-0.05, 0) is 26.3 Å². The molecule has 3 atom stereocenters. The molecule has 0 amide bonds. The molecule has 0 saturated heterocycles. The molecule has 3 unspecified atom stereocenters. The summed E-state index contributed by atoms with van der Waals surface area (Å²) in [5.74, 6) is 0. The first-order valence-corrected chi connectivity index (χ1v) is 5.91. The van der Waals surface area contributed by atoms with Crippen LogP contribution in [0.15, 0.2) is 0 Å². The highest BCUT2D eigenvalue weighted by atomic mass is 16.5. The van der Waals surface area contributed by atoms with Gasteiger partial charge < -0.3 is 10.1 Å². The number of rotatable bonds is 5. The van der Waals surface area contributed by atoms with Crippen molar-refractivity contribution in [2.75, 3.05) is 6.54 Å². The molecule has 1 N–H and O–H groups in total. The van der Waals surface area contributed by atoms with Crippen LogP contribution in [-0.2, 0) is 4.74 Å². The van der Waals surface area contributed by atoms with E-state index in [9.17, 15) is 0 Å². The summed E-state index contributed by atoms with van der Waals surface area (Å²) in [4.78, 5) is 0. The van der Waals surface area contributed by atoms with Crippen molar-refractivity contribution in [1.82, 2.24) is 5.32 Å². The molecule has 0 heterocycles. The van der Waals surface area contributed by atoms with E-state index < -0.39 is 0 Å². The van der Waals surface area contributed by atoms with Crippen molar-refractivity contribution >= 4 is 0 Å². The van der Waals surface area contributed by atoms with Crippen LogP contribution < -0.4 is 5.32 Å². The monoisotopic (exact) mass is 199 g/mol. The summed E-state index contributed by atoms with van der Waals surface area (Å²) in [6, 6.07) is 0.640. The van der Waals surface area contributed by atoms with E-state index in [-0.39, 0.29) is 0 Å². The maximum absolute atomic E-state index is 5.99. The van der Waals surface area contributed by atoms with Gasteiger partial charge in [-0.1, -0.05) is 27.7 Å². The highest BCUT2D eigenvalue weighted by molar-refractivity contribution is 5.02. The summed E-state index contributed by atoms with van der Waals surface area (Å²) < 4.78 is 5.99. The molecule has 1 aliphatic rings. The number of hydrogen-bond acceptors (Lipinski definition) is 2. The van der Waals surface area contributed by atoms with Gasteiger partial charge in [-0.15, -0.1) is 0 Å². The summed E-state index contributed by atoms with van der Waals surface area (Å²) >= 11 is 0. The first kappa shape index (κ1) is 12.0. The van der Waals surface area contributed by atoms with Gasteiger partial charge in [-0.25, -0.2) is 0 Å². The molecule has 0 radical (unpaired) electrons. The van der Waals surface area contributed by atoms with Crippen molar-refractivity contribution in [2.45, 2.75) is 65.7 Å². The van der Waals surface area contributed by atoms with Crippen molar-refractivity contribution < 1.29 is 4.74 Å². The molecule has 0 spiro atoms. The SMILES string of the molecule is CCNC1CC(OC(C)CC)C1(C)C. The van der Waals surface area contributed by atoms with Gasteiger partial charge in [-0.3, -0.25) is 0 Å². The van der Waals surface area contributed by atoms with Gasteiger partial charge in [0, 0.05) is 11.5 Å². The van der Waals surface area contributed by atoms with Gasteiger partial charge in [0.1, 0.15) is 0 Å². The van der Waals surface area contributed by atoms with Crippen LogP contribution in [0.1, 0.15) is 47.5 Å². The maximum atomic E-state index is 5.99. The fourth-order valence-corrected chi connectivity index (χ4v) is 2.09. The predicted molar refractivity (Wildman–Crippen MR) is 60.5 cm³/mol. The lowest BCUT2D eigenvalue weighted by Crippen LogP contribution is -2.61. The molecule has 1 rings (SSSR count). The molecule has 1 fully saturated rings. The summed E-state index contributed by atoms with van der Waals surface area (Å²) in [7, 11) is 0. The van der Waals surface area contributed by atoms with E-state index in [4.69, 9.17) is 4.74 Å². The first-order valence-electron chi connectivity index (χ1n) is 5.91. The molecule has 2 nitrogen and oxygen atoms in total. The van der Waals surface area contributed by atoms with E-state index in [1.54, 1.807) is 0 Å². The Morgan fingerprint density at radius 2 is 2.07 bits per heavy atom. The molecule has 0 bridgehead atoms. The van der Waals surface area contributed by atoms with Crippen molar-refractivity contribution in [3.8, 4) is 0 Å². The smallest absolute Gasteiger partial charge is 0.0659 e. The summed E-state index contributed by atoms with van der Waals surface area (Å²) in [5.41, 5.74) is 0.305. The average molecular weight is 199 g/mol. The zero-order valence-corrected chi connectivity index (χ0v) is 10.3. The Bertz CT molecular complexity index is 179. The zero-order chi connectivity index (χ0) is 10.8. The number of hydrogen-bond donors (Lipinski definition) is 1. The van der Waals surface area contributed by atoms with Crippen LogP contribution in [0.3, 0.4) is 0 Å². The summed E-state index contributed by atoms with van der Waals surface area (Å²) in [6.07, 6.45) is 3.13. The van der Waals surface area contributed by atoms with Crippen molar-refractivity contribution in [2.24, 2.45) is 5.41 Å². The Hall–Kier alpha value is -0.0800. The molecular formula is C12H25NO. The van der Waals surface area contributed by atoms with Gasteiger partial charge in [-0.2, -0.15) is 0 Å². The highest BCUT2D eigenvalue weighted by Gasteiger charge is 2.48. The van der Waals surface area contributed by atoms with E-state index in [1.165, 1.54) is 6.42 Å². The minimum absolute atomic E-state index is 0.305. The van der Waals surface area contributed by atoms with Gasteiger partial charge in [0.15, 0.2) is 0 Å². The molecule has 1 aliphatic carbocycles. The molecule has 0 aromatic heterocycles. The van der Waals surface area contributed by atoms with Crippen molar-refractivity contribution in [3.63, 3.8) is 0 Å². The number of ether oxygens (including phenoxy) is 1. The third-order valence-electron chi connectivity index (χ3n) is 3.60. The second kappa shape index (κ2) is 4.63. The van der Waals surface area contributed by atoms with E-state index in [0.717, 1.165) is 13.0 Å². The lowest BCUT2D eigenvalue weighted by atomic mass is 9.64. The van der Waals surface area contributed by atoms with Gasteiger partial charge in [0.2, 0.25) is 0 Å². The van der Waals surface area contributed by atoms with Crippen LogP contribution in [0, 0.1) is 5.41 Å². The lowest BCUT2D eigenvalue weighted by Gasteiger charge is -2.52. The Kier molecular flexibility index (Phi) is 3.96. The summed E-state index contributed by atoms with van der Waals surface area (Å²) in [5, 5.41) is 3.51. The summed E-state index contributed by atoms with van der Waals surface area (Å²) in [6.45, 7) is 12.2. The van der Waals surface area contributed by atoms with E-state index in [1.807, 2.05) is 0 Å². The van der Waals surface area contributed by atoms with Crippen LogP contribution >= 0.6 is 0 Å². The standard InChI is InChI=1S/C12H25NO/c1-6-9(3)14-11-8-10(13-7-2)12(11,4)5/h9-11,13H,6-8H2,1-5H3. The van der Waals surface area contributed by atoms with Crippen LogP contribution in [-0.4, -0.2) is 24.8 Å². The molecule has 0 aliphatic heterocycles. The lowest BCUT2D eigenvalue weighted by molar-refractivity contribution is -0.143. The number of nitrogens with one attached hydrogen (secondary N) is 1. The average Bonchev–Trinajstić information content (AvgIpc) is 2.16. The fourth-order valence-electron chi connectivity index (χ4n) is 2.09. The minimum atomic E-state index is 0.305. The zero-order valence-electron chi connectivity index (χ0n) is 10.3. The maximum Gasteiger partial charge on any atom is 0.0659 e. The van der Waals surface area contributed by atoms with Gasteiger partial charge >= 0.3 is 0 Å². The minimum Gasteiger partial charge on any atom is -0.375 e.